The van der Waals surface area contributed by atoms with Gasteiger partial charge in [0.25, 0.3) is 5.91 Å². The molecule has 29 heavy (non-hydrogen) atoms. The van der Waals surface area contributed by atoms with Crippen LogP contribution in [0, 0.1) is 10.5 Å². The van der Waals surface area contributed by atoms with Crippen LogP contribution in [0.2, 0.25) is 0 Å². The zero-order valence-corrected chi connectivity index (χ0v) is 18.7. The topological polar surface area (TPSA) is 99.3 Å². The number of nitrogens with one attached hydrogen (secondary N) is 4. The first kappa shape index (κ1) is 22.8. The summed E-state index contributed by atoms with van der Waals surface area (Å²) in [4.78, 5) is 35.8. The number of hydrogen-bond donors (Lipinski definition) is 4. The number of halogens is 1. The highest BCUT2D eigenvalue weighted by atomic mass is 127. The number of carbonyl (C=O) groups excluding carboxylic acids is 3. The van der Waals surface area contributed by atoms with Crippen molar-refractivity contribution < 1.29 is 14.4 Å². The van der Waals surface area contributed by atoms with E-state index in [1.807, 2.05) is 43.3 Å². The Kier molecular flexibility index (Phi) is 9.00. The summed E-state index contributed by atoms with van der Waals surface area (Å²) >= 11 is 7.15. The van der Waals surface area contributed by atoms with Crippen LogP contribution in [0.5, 0.6) is 0 Å². The zero-order valence-electron chi connectivity index (χ0n) is 15.8. The fraction of sp³-hybridized carbons (Fsp3) is 0.200. The molecule has 0 aliphatic carbocycles. The molecule has 0 unspecified atom stereocenters. The fourth-order valence-electron chi connectivity index (χ4n) is 2.24. The Balaban J connectivity index is 1.66. The van der Waals surface area contributed by atoms with Gasteiger partial charge in [-0.3, -0.25) is 30.6 Å². The van der Waals surface area contributed by atoms with Crippen molar-refractivity contribution in [3.05, 3.63) is 68.8 Å². The SMILES string of the molecule is Cc1ccc(C(=O)NC(=S)NNC(=O)CCC(=O)NCc2ccccc2)cc1I. The molecule has 9 heteroatoms. The quantitative estimate of drug-likeness (QED) is 0.264. The van der Waals surface area contributed by atoms with E-state index in [-0.39, 0.29) is 29.8 Å². The number of amides is 3. The summed E-state index contributed by atoms with van der Waals surface area (Å²) < 4.78 is 0.966. The Bertz CT molecular complexity index is 906. The van der Waals surface area contributed by atoms with Gasteiger partial charge in [-0.1, -0.05) is 36.4 Å². The monoisotopic (exact) mass is 524 g/mol. The van der Waals surface area contributed by atoms with Crippen LogP contribution in [0.15, 0.2) is 48.5 Å². The van der Waals surface area contributed by atoms with Crippen molar-refractivity contribution in [1.82, 2.24) is 21.5 Å². The Morgan fingerprint density at radius 2 is 1.66 bits per heavy atom. The molecule has 2 aromatic rings. The Morgan fingerprint density at radius 1 is 0.966 bits per heavy atom. The molecule has 0 aromatic heterocycles. The van der Waals surface area contributed by atoms with Gasteiger partial charge in [0.2, 0.25) is 11.8 Å². The Hall–Kier alpha value is -2.53. The van der Waals surface area contributed by atoms with Crippen molar-refractivity contribution in [2.24, 2.45) is 0 Å². The van der Waals surface area contributed by atoms with Crippen LogP contribution in [0.3, 0.4) is 0 Å². The average Bonchev–Trinajstić information content (AvgIpc) is 2.71. The molecule has 0 fully saturated rings. The molecule has 0 radical (unpaired) electrons. The molecule has 2 aromatic carbocycles. The van der Waals surface area contributed by atoms with Crippen LogP contribution in [0.4, 0.5) is 0 Å². The first-order chi connectivity index (χ1) is 13.8. The van der Waals surface area contributed by atoms with Crippen LogP contribution in [-0.4, -0.2) is 22.8 Å². The summed E-state index contributed by atoms with van der Waals surface area (Å²) in [6.07, 6.45) is 0.0294. The molecular weight excluding hydrogens is 503 g/mol. The second-order valence-corrected chi connectivity index (χ2v) is 7.75. The van der Waals surface area contributed by atoms with Gasteiger partial charge in [0.1, 0.15) is 0 Å². The third kappa shape index (κ3) is 8.16. The van der Waals surface area contributed by atoms with Crippen molar-refractivity contribution in [2.75, 3.05) is 0 Å². The fourth-order valence-corrected chi connectivity index (χ4v) is 2.90. The molecule has 0 saturated heterocycles. The molecule has 152 valence electrons. The van der Waals surface area contributed by atoms with E-state index in [0.717, 1.165) is 14.7 Å². The molecule has 0 aliphatic rings. The Morgan fingerprint density at radius 3 is 2.34 bits per heavy atom. The van der Waals surface area contributed by atoms with E-state index in [9.17, 15) is 14.4 Å². The number of thiocarbonyl (C=S) groups is 1. The molecule has 0 spiro atoms. The van der Waals surface area contributed by atoms with Gasteiger partial charge in [-0.05, 0) is 65.0 Å². The van der Waals surface area contributed by atoms with Gasteiger partial charge in [0.05, 0.1) is 0 Å². The van der Waals surface area contributed by atoms with E-state index in [2.05, 4.69) is 44.1 Å². The largest absolute Gasteiger partial charge is 0.352 e. The lowest BCUT2D eigenvalue weighted by Crippen LogP contribution is -2.48. The van der Waals surface area contributed by atoms with E-state index in [4.69, 9.17) is 12.2 Å². The summed E-state index contributed by atoms with van der Waals surface area (Å²) in [6.45, 7) is 2.36. The molecule has 0 heterocycles. The van der Waals surface area contributed by atoms with Gasteiger partial charge in [-0.15, -0.1) is 0 Å². The van der Waals surface area contributed by atoms with Crippen molar-refractivity contribution in [3.8, 4) is 0 Å². The van der Waals surface area contributed by atoms with Crippen LogP contribution in [0.1, 0.15) is 34.3 Å². The minimum Gasteiger partial charge on any atom is -0.352 e. The van der Waals surface area contributed by atoms with Gasteiger partial charge >= 0.3 is 0 Å². The van der Waals surface area contributed by atoms with Crippen molar-refractivity contribution in [3.63, 3.8) is 0 Å². The Labute approximate surface area is 188 Å². The van der Waals surface area contributed by atoms with Gasteiger partial charge in [-0.25, -0.2) is 0 Å². The van der Waals surface area contributed by atoms with E-state index >= 15 is 0 Å². The number of carbonyl (C=O) groups is 3. The van der Waals surface area contributed by atoms with Gasteiger partial charge in [0, 0.05) is 28.5 Å². The second-order valence-electron chi connectivity index (χ2n) is 6.18. The molecule has 0 atom stereocenters. The predicted molar refractivity (Wildman–Crippen MR) is 123 cm³/mol. The maximum Gasteiger partial charge on any atom is 0.257 e. The summed E-state index contributed by atoms with van der Waals surface area (Å²) in [5, 5.41) is 5.20. The first-order valence-electron chi connectivity index (χ1n) is 8.82. The predicted octanol–water partition coefficient (Wildman–Crippen LogP) is 2.33. The molecule has 2 rings (SSSR count). The normalized spacial score (nSPS) is 10.0. The maximum absolute atomic E-state index is 12.2. The van der Waals surface area contributed by atoms with E-state index in [0.29, 0.717) is 12.1 Å². The number of hydrazine groups is 1. The third-order valence-corrected chi connectivity index (χ3v) is 5.25. The van der Waals surface area contributed by atoms with Crippen LogP contribution in [0.25, 0.3) is 0 Å². The van der Waals surface area contributed by atoms with E-state index < -0.39 is 5.91 Å². The van der Waals surface area contributed by atoms with E-state index in [1.165, 1.54) is 0 Å². The smallest absolute Gasteiger partial charge is 0.257 e. The highest BCUT2D eigenvalue weighted by Gasteiger charge is 2.11. The van der Waals surface area contributed by atoms with Crippen LogP contribution >= 0.6 is 34.8 Å². The van der Waals surface area contributed by atoms with Crippen LogP contribution < -0.4 is 21.5 Å². The lowest BCUT2D eigenvalue weighted by atomic mass is 10.1. The molecule has 7 nitrogen and oxygen atoms in total. The number of aryl methyl sites for hydroxylation is 1. The molecule has 0 saturated carbocycles. The summed E-state index contributed by atoms with van der Waals surface area (Å²) in [6, 6.07) is 14.8. The summed E-state index contributed by atoms with van der Waals surface area (Å²) in [5.74, 6) is -1.02. The van der Waals surface area contributed by atoms with Gasteiger partial charge in [-0.2, -0.15) is 0 Å². The minimum atomic E-state index is -0.415. The number of hydrogen-bond acceptors (Lipinski definition) is 4. The summed E-state index contributed by atoms with van der Waals surface area (Å²) in [5.41, 5.74) is 7.34. The average molecular weight is 524 g/mol. The molecule has 4 N–H and O–H groups in total. The van der Waals surface area contributed by atoms with Crippen molar-refractivity contribution >= 4 is 57.6 Å². The summed E-state index contributed by atoms with van der Waals surface area (Å²) in [7, 11) is 0. The highest BCUT2D eigenvalue weighted by molar-refractivity contribution is 14.1. The first-order valence-corrected chi connectivity index (χ1v) is 10.3. The lowest BCUT2D eigenvalue weighted by molar-refractivity contribution is -0.126. The molecule has 0 aliphatic heterocycles. The van der Waals surface area contributed by atoms with Crippen molar-refractivity contribution in [1.29, 1.82) is 0 Å². The van der Waals surface area contributed by atoms with Crippen LogP contribution in [-0.2, 0) is 16.1 Å². The molecular formula is C20H21IN4O3S. The highest BCUT2D eigenvalue weighted by Crippen LogP contribution is 2.13. The van der Waals surface area contributed by atoms with Gasteiger partial charge < -0.3 is 5.32 Å². The minimum absolute atomic E-state index is 0.0136. The molecule has 0 bridgehead atoms. The third-order valence-electron chi connectivity index (χ3n) is 3.89. The maximum atomic E-state index is 12.2. The number of rotatable bonds is 6. The van der Waals surface area contributed by atoms with Crippen molar-refractivity contribution in [2.45, 2.75) is 26.3 Å². The van der Waals surface area contributed by atoms with E-state index in [1.54, 1.807) is 12.1 Å². The molecule has 3 amide bonds. The van der Waals surface area contributed by atoms with Gasteiger partial charge in [0.15, 0.2) is 5.11 Å². The standard InChI is InChI=1S/C20H21IN4O3S/c1-13-7-8-15(11-16(13)21)19(28)23-20(29)25-24-18(27)10-9-17(26)22-12-14-5-3-2-4-6-14/h2-8,11H,9-10,12H2,1H3,(H,22,26)(H,24,27)(H2,23,25,28,29). The lowest BCUT2D eigenvalue weighted by Gasteiger charge is -2.11. The zero-order chi connectivity index (χ0) is 21.2. The number of benzene rings is 2. The second kappa shape index (κ2) is 11.5.